The molecule has 1 N–H and O–H groups in total. The smallest absolute Gasteiger partial charge is 0.243 e. The zero-order valence-corrected chi connectivity index (χ0v) is 22.1. The molecule has 5 nitrogen and oxygen atoms in total. The summed E-state index contributed by atoms with van der Waals surface area (Å²) in [6.07, 6.45) is 1.17. The van der Waals surface area contributed by atoms with Crippen molar-refractivity contribution >= 4 is 35.0 Å². The molecule has 0 aliphatic rings. The van der Waals surface area contributed by atoms with Gasteiger partial charge in [0.05, 0.1) is 6.61 Å². The summed E-state index contributed by atoms with van der Waals surface area (Å²) in [4.78, 5) is 28.6. The fourth-order valence-electron chi connectivity index (χ4n) is 3.85. The van der Waals surface area contributed by atoms with Crippen LogP contribution < -0.4 is 10.1 Å². The fourth-order valence-corrected chi connectivity index (χ4v) is 4.19. The molecule has 0 aliphatic heterocycles. The lowest BCUT2D eigenvalue weighted by molar-refractivity contribution is -0.141. The SMILES string of the molecule is CC(C)NC(=O)[C@@H](Cc1ccccc1)N(Cc1cccc(Cl)c1)C(=O)CCCOc1ccc(Cl)cc1. The Morgan fingerprint density at radius 1 is 0.889 bits per heavy atom. The van der Waals surface area contributed by atoms with Gasteiger partial charge in [0.1, 0.15) is 11.8 Å². The van der Waals surface area contributed by atoms with Crippen LogP contribution in [0.2, 0.25) is 10.0 Å². The first-order chi connectivity index (χ1) is 17.3. The number of carbonyl (C=O) groups is 2. The summed E-state index contributed by atoms with van der Waals surface area (Å²) >= 11 is 12.1. The molecule has 0 radical (unpaired) electrons. The van der Waals surface area contributed by atoms with Crippen molar-refractivity contribution in [1.82, 2.24) is 10.2 Å². The normalized spacial score (nSPS) is 11.7. The largest absolute Gasteiger partial charge is 0.494 e. The number of nitrogens with zero attached hydrogens (tertiary/aromatic N) is 1. The highest BCUT2D eigenvalue weighted by molar-refractivity contribution is 6.30. The van der Waals surface area contributed by atoms with E-state index >= 15 is 0 Å². The Bertz CT molecular complexity index is 1120. The van der Waals surface area contributed by atoms with Crippen LogP contribution in [0.15, 0.2) is 78.9 Å². The summed E-state index contributed by atoms with van der Waals surface area (Å²) in [6.45, 7) is 4.48. The monoisotopic (exact) mass is 526 g/mol. The van der Waals surface area contributed by atoms with E-state index in [2.05, 4.69) is 5.32 Å². The van der Waals surface area contributed by atoms with Gasteiger partial charge in [0.25, 0.3) is 0 Å². The van der Waals surface area contributed by atoms with Gasteiger partial charge in [0, 0.05) is 35.5 Å². The minimum absolute atomic E-state index is 0.0494. The van der Waals surface area contributed by atoms with Crippen LogP contribution in [0.1, 0.15) is 37.8 Å². The summed E-state index contributed by atoms with van der Waals surface area (Å²) in [5.74, 6) is 0.400. The van der Waals surface area contributed by atoms with Crippen molar-refractivity contribution in [2.75, 3.05) is 6.61 Å². The van der Waals surface area contributed by atoms with Crippen LogP contribution in [0.25, 0.3) is 0 Å². The van der Waals surface area contributed by atoms with Gasteiger partial charge in [-0.25, -0.2) is 0 Å². The zero-order chi connectivity index (χ0) is 25.9. The second-order valence-electron chi connectivity index (χ2n) is 8.93. The van der Waals surface area contributed by atoms with E-state index in [0.717, 1.165) is 11.1 Å². The van der Waals surface area contributed by atoms with Crippen LogP contribution in [-0.4, -0.2) is 35.4 Å². The van der Waals surface area contributed by atoms with E-state index in [9.17, 15) is 9.59 Å². The molecule has 0 spiro atoms. The Hall–Kier alpha value is -3.02. The molecule has 1 atom stereocenters. The molecule has 0 aliphatic carbocycles. The Labute approximate surface area is 223 Å². The lowest BCUT2D eigenvalue weighted by Gasteiger charge is -2.32. The standard InChI is InChI=1S/C29H32Cl2N2O3/c1-21(2)32-29(35)27(19-22-8-4-3-5-9-22)33(20-23-10-6-11-25(31)18-23)28(34)12-7-17-36-26-15-13-24(30)14-16-26/h3-6,8-11,13-16,18,21,27H,7,12,17,19-20H2,1-2H3,(H,32,35)/t27-/m1/s1. The molecule has 36 heavy (non-hydrogen) atoms. The highest BCUT2D eigenvalue weighted by Gasteiger charge is 2.30. The summed E-state index contributed by atoms with van der Waals surface area (Å²) in [7, 11) is 0. The van der Waals surface area contributed by atoms with Crippen LogP contribution in [0, 0.1) is 0 Å². The number of hydrogen-bond donors (Lipinski definition) is 1. The van der Waals surface area contributed by atoms with E-state index in [1.54, 1.807) is 35.2 Å². The second-order valence-corrected chi connectivity index (χ2v) is 9.80. The molecule has 0 saturated carbocycles. The fraction of sp³-hybridized carbons (Fsp3) is 0.310. The predicted octanol–water partition coefficient (Wildman–Crippen LogP) is 6.32. The minimum atomic E-state index is -0.668. The Morgan fingerprint density at radius 3 is 2.25 bits per heavy atom. The number of carbonyl (C=O) groups excluding carboxylic acids is 2. The van der Waals surface area contributed by atoms with Crippen molar-refractivity contribution in [3.8, 4) is 5.75 Å². The Morgan fingerprint density at radius 2 is 1.58 bits per heavy atom. The van der Waals surface area contributed by atoms with Gasteiger partial charge in [-0.15, -0.1) is 0 Å². The maximum Gasteiger partial charge on any atom is 0.243 e. The van der Waals surface area contributed by atoms with Gasteiger partial charge >= 0.3 is 0 Å². The van der Waals surface area contributed by atoms with Crippen LogP contribution in [0.5, 0.6) is 5.75 Å². The van der Waals surface area contributed by atoms with Crippen LogP contribution in [-0.2, 0) is 22.6 Å². The van der Waals surface area contributed by atoms with Gasteiger partial charge in [0.2, 0.25) is 11.8 Å². The van der Waals surface area contributed by atoms with Gasteiger partial charge in [-0.1, -0.05) is 65.7 Å². The van der Waals surface area contributed by atoms with Crippen molar-refractivity contribution in [2.24, 2.45) is 0 Å². The number of hydrogen-bond acceptors (Lipinski definition) is 3. The summed E-state index contributed by atoms with van der Waals surface area (Å²) in [5, 5.41) is 4.22. The highest BCUT2D eigenvalue weighted by atomic mass is 35.5. The molecule has 0 aromatic heterocycles. The van der Waals surface area contributed by atoms with E-state index in [4.69, 9.17) is 27.9 Å². The van der Waals surface area contributed by atoms with Crippen molar-refractivity contribution in [1.29, 1.82) is 0 Å². The van der Waals surface area contributed by atoms with Crippen molar-refractivity contribution in [3.05, 3.63) is 100 Å². The Kier molecular flexibility index (Phi) is 10.6. The molecule has 3 aromatic rings. The minimum Gasteiger partial charge on any atom is -0.494 e. The quantitative estimate of drug-likeness (QED) is 0.281. The molecule has 0 heterocycles. The lowest BCUT2D eigenvalue weighted by Crippen LogP contribution is -2.51. The van der Waals surface area contributed by atoms with Gasteiger partial charge in [0.15, 0.2) is 0 Å². The highest BCUT2D eigenvalue weighted by Crippen LogP contribution is 2.20. The van der Waals surface area contributed by atoms with E-state index in [-0.39, 0.29) is 30.8 Å². The molecule has 0 fully saturated rings. The number of rotatable bonds is 12. The maximum atomic E-state index is 13.6. The second kappa shape index (κ2) is 13.9. The Balaban J connectivity index is 1.78. The summed E-state index contributed by atoms with van der Waals surface area (Å²) in [6, 6.07) is 23.5. The average Bonchev–Trinajstić information content (AvgIpc) is 2.85. The molecule has 0 saturated heterocycles. The molecule has 3 rings (SSSR count). The van der Waals surface area contributed by atoms with Crippen LogP contribution >= 0.6 is 23.2 Å². The molecular weight excluding hydrogens is 495 g/mol. The average molecular weight is 527 g/mol. The topological polar surface area (TPSA) is 58.6 Å². The molecule has 2 amide bonds. The molecule has 7 heteroatoms. The van der Waals surface area contributed by atoms with Gasteiger partial charge < -0.3 is 15.0 Å². The molecule has 3 aromatic carbocycles. The van der Waals surface area contributed by atoms with Crippen LogP contribution in [0.4, 0.5) is 0 Å². The van der Waals surface area contributed by atoms with Crippen LogP contribution in [0.3, 0.4) is 0 Å². The van der Waals surface area contributed by atoms with Gasteiger partial charge in [-0.3, -0.25) is 9.59 Å². The lowest BCUT2D eigenvalue weighted by atomic mass is 10.0. The maximum absolute atomic E-state index is 13.6. The molecular formula is C29H32Cl2N2O3. The first-order valence-corrected chi connectivity index (χ1v) is 12.8. The van der Waals surface area contributed by atoms with E-state index in [1.807, 2.05) is 62.4 Å². The van der Waals surface area contributed by atoms with Crippen molar-refractivity contribution in [2.45, 2.75) is 51.7 Å². The third-order valence-electron chi connectivity index (χ3n) is 5.56. The first kappa shape index (κ1) is 27.6. The number of ether oxygens (including phenoxy) is 1. The summed E-state index contributed by atoms with van der Waals surface area (Å²) < 4.78 is 5.76. The predicted molar refractivity (Wildman–Crippen MR) is 145 cm³/mol. The van der Waals surface area contributed by atoms with E-state index in [1.165, 1.54) is 0 Å². The first-order valence-electron chi connectivity index (χ1n) is 12.1. The van der Waals surface area contributed by atoms with E-state index < -0.39 is 6.04 Å². The van der Waals surface area contributed by atoms with Gasteiger partial charge in [-0.2, -0.15) is 0 Å². The van der Waals surface area contributed by atoms with E-state index in [0.29, 0.717) is 35.2 Å². The van der Waals surface area contributed by atoms with Crippen molar-refractivity contribution < 1.29 is 14.3 Å². The van der Waals surface area contributed by atoms with Crippen molar-refractivity contribution in [3.63, 3.8) is 0 Å². The zero-order valence-electron chi connectivity index (χ0n) is 20.6. The number of amides is 2. The summed E-state index contributed by atoms with van der Waals surface area (Å²) in [5.41, 5.74) is 1.85. The number of nitrogens with one attached hydrogen (secondary N) is 1. The molecule has 0 bridgehead atoms. The number of halogens is 2. The molecule has 0 unspecified atom stereocenters. The third kappa shape index (κ3) is 8.89. The number of benzene rings is 3. The van der Waals surface area contributed by atoms with Gasteiger partial charge in [-0.05, 0) is 67.8 Å². The molecule has 190 valence electrons. The third-order valence-corrected chi connectivity index (χ3v) is 6.05.